The van der Waals surface area contributed by atoms with Crippen LogP contribution in [0.3, 0.4) is 0 Å². The van der Waals surface area contributed by atoms with E-state index in [-0.39, 0.29) is 37.1 Å². The van der Waals surface area contributed by atoms with Gasteiger partial charge >= 0.3 is 0 Å². The third kappa shape index (κ3) is 16.7. The molecule has 0 bridgehead atoms. The van der Waals surface area contributed by atoms with Crippen LogP contribution < -0.4 is 10.6 Å². The summed E-state index contributed by atoms with van der Waals surface area (Å²) in [6.07, 6.45) is 13.9. The molecule has 0 aliphatic heterocycles. The molecule has 2 atom stereocenters. The minimum atomic E-state index is -0.261. The molecule has 0 saturated heterocycles. The van der Waals surface area contributed by atoms with Crippen LogP contribution >= 0.6 is 0 Å². The molecule has 0 aliphatic carbocycles. The molecule has 0 unspecified atom stereocenters. The number of aliphatic hydroxyl groups is 2. The molecule has 0 fully saturated rings. The third-order valence-corrected chi connectivity index (χ3v) is 6.66. The molecule has 0 saturated carbocycles. The normalized spacial score (nSPS) is 12.3. The maximum atomic E-state index is 12.0. The largest absolute Gasteiger partial charge is 0.394 e. The van der Waals surface area contributed by atoms with Gasteiger partial charge in [-0.1, -0.05) is 62.4 Å². The van der Waals surface area contributed by atoms with Crippen LogP contribution in [-0.4, -0.2) is 58.9 Å². The van der Waals surface area contributed by atoms with E-state index in [0.29, 0.717) is 48.4 Å². The molecule has 8 nitrogen and oxygen atoms in total. The number of carbonyl (C=O) groups is 4. The van der Waals surface area contributed by atoms with Gasteiger partial charge in [-0.25, -0.2) is 0 Å². The lowest BCUT2D eigenvalue weighted by molar-refractivity contribution is -0.119. The number of ketones is 2. The zero-order valence-corrected chi connectivity index (χ0v) is 26.7. The number of rotatable bonds is 18. The number of benzene rings is 2. The monoisotopic (exact) mass is 606 g/mol. The zero-order chi connectivity index (χ0) is 32.7. The van der Waals surface area contributed by atoms with E-state index < -0.39 is 0 Å². The first-order valence-electron chi connectivity index (χ1n) is 15.5. The molecule has 0 heterocycles. The van der Waals surface area contributed by atoms with Crippen LogP contribution in [0.1, 0.15) is 111 Å². The molecular formula is C36H50N2O6. The summed E-state index contributed by atoms with van der Waals surface area (Å²) in [4.78, 5) is 46.3. The van der Waals surface area contributed by atoms with Gasteiger partial charge in [0.1, 0.15) is 11.6 Å². The lowest BCUT2D eigenvalue weighted by atomic mass is 10.1. The van der Waals surface area contributed by atoms with Crippen LogP contribution in [0.2, 0.25) is 0 Å². The molecule has 240 valence electrons. The highest BCUT2D eigenvalue weighted by atomic mass is 16.3. The number of hydrogen-bond donors (Lipinski definition) is 4. The number of unbranched alkanes of at least 4 members (excludes halogenated alkanes) is 2. The molecule has 2 aromatic carbocycles. The van der Waals surface area contributed by atoms with Crippen LogP contribution in [0.5, 0.6) is 0 Å². The first-order chi connectivity index (χ1) is 21.1. The van der Waals surface area contributed by atoms with Crippen molar-refractivity contribution >= 4 is 35.5 Å². The molecule has 8 heteroatoms. The molecule has 44 heavy (non-hydrogen) atoms. The van der Waals surface area contributed by atoms with Crippen molar-refractivity contribution in [2.75, 3.05) is 13.2 Å². The Kier molecular flexibility index (Phi) is 19.6. The Morgan fingerprint density at radius 3 is 1.41 bits per heavy atom. The van der Waals surface area contributed by atoms with Crippen molar-refractivity contribution in [1.82, 2.24) is 10.6 Å². The summed E-state index contributed by atoms with van der Waals surface area (Å²) in [5.74, 6) is 0.214. The summed E-state index contributed by atoms with van der Waals surface area (Å²) in [5, 5.41) is 23.4. The van der Waals surface area contributed by atoms with E-state index in [0.717, 1.165) is 36.8 Å². The van der Waals surface area contributed by atoms with Gasteiger partial charge in [0.15, 0.2) is 0 Å². The van der Waals surface area contributed by atoms with Gasteiger partial charge in [0, 0.05) is 48.9 Å². The molecule has 0 aromatic heterocycles. The maximum absolute atomic E-state index is 12.0. The van der Waals surface area contributed by atoms with Crippen molar-refractivity contribution in [3.8, 4) is 0 Å². The van der Waals surface area contributed by atoms with Crippen LogP contribution in [0.4, 0.5) is 0 Å². The summed E-state index contributed by atoms with van der Waals surface area (Å²) in [6, 6.07) is 14.1. The predicted octanol–water partition coefficient (Wildman–Crippen LogP) is 5.92. The first kappa shape index (κ1) is 38.1. The highest BCUT2D eigenvalue weighted by Gasteiger charge is 2.10. The number of allylic oxidation sites excluding steroid dienone is 2. The Balaban J connectivity index is 0.000000440. The second kappa shape index (κ2) is 22.6. The Hall–Kier alpha value is -3.88. The average Bonchev–Trinajstić information content (AvgIpc) is 3.04. The molecule has 2 amide bonds. The lowest BCUT2D eigenvalue weighted by Crippen LogP contribution is -2.34. The lowest BCUT2D eigenvalue weighted by Gasteiger charge is -2.10. The van der Waals surface area contributed by atoms with E-state index in [1.165, 1.54) is 0 Å². The number of aliphatic hydroxyl groups excluding tert-OH is 2. The van der Waals surface area contributed by atoms with Gasteiger partial charge in [0.2, 0.25) is 0 Å². The van der Waals surface area contributed by atoms with Crippen molar-refractivity contribution in [2.45, 2.75) is 91.1 Å². The zero-order valence-electron chi connectivity index (χ0n) is 26.7. The van der Waals surface area contributed by atoms with Gasteiger partial charge in [0.05, 0.1) is 13.2 Å². The van der Waals surface area contributed by atoms with Gasteiger partial charge < -0.3 is 20.8 Å². The molecule has 0 spiro atoms. The quantitative estimate of drug-likeness (QED) is 0.156. The van der Waals surface area contributed by atoms with E-state index in [9.17, 15) is 19.2 Å². The smallest absolute Gasteiger partial charge is 0.251 e. The number of Topliss-reactive ketones (excluding diaryl/α,β-unsaturated/α-hetero) is 2. The Morgan fingerprint density at radius 1 is 0.682 bits per heavy atom. The second-order valence-electron chi connectivity index (χ2n) is 10.7. The van der Waals surface area contributed by atoms with Gasteiger partial charge in [0.25, 0.3) is 11.8 Å². The molecule has 2 rings (SSSR count). The minimum absolute atomic E-state index is 0.0815. The fraction of sp³-hybridized carbons (Fsp3) is 0.444. The standard InChI is InChI=1S/2C18H25NO3/c2*1-3-17(21)11-6-4-5-8-15-9-7-10-16(12-15)18(22)19-14(2)13-20/h2*5,7-10,12,14,20H,3-4,6,11,13H2,1-2H3,(H,19,22)/b2*8-5-/t2*14-/m10/s1. The van der Waals surface area contributed by atoms with Crippen LogP contribution in [0, 0.1) is 0 Å². The van der Waals surface area contributed by atoms with Crippen molar-refractivity contribution in [2.24, 2.45) is 0 Å². The van der Waals surface area contributed by atoms with Gasteiger partial charge in [-0.05, 0) is 74.9 Å². The summed E-state index contributed by atoms with van der Waals surface area (Å²) in [7, 11) is 0. The van der Waals surface area contributed by atoms with E-state index >= 15 is 0 Å². The Morgan fingerprint density at radius 2 is 1.07 bits per heavy atom. The maximum Gasteiger partial charge on any atom is 0.251 e. The summed E-state index contributed by atoms with van der Waals surface area (Å²) < 4.78 is 0. The molecule has 0 aliphatic rings. The highest BCUT2D eigenvalue weighted by molar-refractivity contribution is 5.95. The first-order valence-corrected chi connectivity index (χ1v) is 15.5. The third-order valence-electron chi connectivity index (χ3n) is 6.66. The number of carbonyl (C=O) groups excluding carboxylic acids is 4. The van der Waals surface area contributed by atoms with Crippen molar-refractivity contribution in [1.29, 1.82) is 0 Å². The van der Waals surface area contributed by atoms with Crippen LogP contribution in [0.25, 0.3) is 12.2 Å². The fourth-order valence-corrected chi connectivity index (χ4v) is 3.90. The minimum Gasteiger partial charge on any atom is -0.394 e. The van der Waals surface area contributed by atoms with E-state index in [4.69, 9.17) is 10.2 Å². The Labute approximate surface area is 262 Å². The van der Waals surface area contributed by atoms with E-state index in [1.54, 1.807) is 26.0 Å². The summed E-state index contributed by atoms with van der Waals surface area (Å²) in [6.45, 7) is 7.10. The highest BCUT2D eigenvalue weighted by Crippen LogP contribution is 2.11. The SMILES string of the molecule is CCC(=O)CCC/C=C\c1cccc(C(=O)N[C@@H](C)CO)c1.CCC(=O)CCC/C=C\c1cccc(C(=O)N[C@H](C)CO)c1. The molecule has 4 N–H and O–H groups in total. The summed E-state index contributed by atoms with van der Waals surface area (Å²) >= 11 is 0. The van der Waals surface area contributed by atoms with E-state index in [1.807, 2.05) is 74.5 Å². The molecule has 0 radical (unpaired) electrons. The predicted molar refractivity (Wildman–Crippen MR) is 177 cm³/mol. The molecular weight excluding hydrogens is 556 g/mol. The van der Waals surface area contributed by atoms with Gasteiger partial charge in [-0.15, -0.1) is 0 Å². The Bertz CT molecular complexity index is 1140. The average molecular weight is 607 g/mol. The van der Waals surface area contributed by atoms with Crippen molar-refractivity contribution in [3.05, 3.63) is 82.9 Å². The van der Waals surface area contributed by atoms with Crippen LogP contribution in [0.15, 0.2) is 60.7 Å². The van der Waals surface area contributed by atoms with Crippen molar-refractivity contribution in [3.63, 3.8) is 0 Å². The number of nitrogens with one attached hydrogen (secondary N) is 2. The van der Waals surface area contributed by atoms with Crippen LogP contribution in [-0.2, 0) is 9.59 Å². The summed E-state index contributed by atoms with van der Waals surface area (Å²) in [5.41, 5.74) is 3.05. The topological polar surface area (TPSA) is 133 Å². The molecule has 2 aromatic rings. The van der Waals surface area contributed by atoms with Crippen molar-refractivity contribution < 1.29 is 29.4 Å². The van der Waals surface area contributed by atoms with Gasteiger partial charge in [-0.2, -0.15) is 0 Å². The number of hydrogen-bond acceptors (Lipinski definition) is 6. The fourth-order valence-electron chi connectivity index (χ4n) is 3.90. The van der Waals surface area contributed by atoms with E-state index in [2.05, 4.69) is 10.6 Å². The second-order valence-corrected chi connectivity index (χ2v) is 10.7. The number of amides is 2. The van der Waals surface area contributed by atoms with Gasteiger partial charge in [-0.3, -0.25) is 19.2 Å².